The van der Waals surface area contributed by atoms with E-state index in [1.54, 1.807) is 0 Å². The Balaban J connectivity index is 2.96. The van der Waals surface area contributed by atoms with Crippen LogP contribution in [0.5, 0.6) is 0 Å². The Bertz CT molecular complexity index is 242. The third-order valence-corrected chi connectivity index (χ3v) is 2.45. The van der Waals surface area contributed by atoms with Gasteiger partial charge in [0, 0.05) is 6.42 Å². The highest BCUT2D eigenvalue weighted by atomic mass is 16.4. The number of hydrogen-bond donors (Lipinski definition) is 6. The molecule has 7 heteroatoms. The molecule has 0 amide bonds. The Morgan fingerprint density at radius 1 is 1.14 bits per heavy atom. The van der Waals surface area contributed by atoms with Crippen LogP contribution in [0.15, 0.2) is 0 Å². The third-order valence-electron chi connectivity index (χ3n) is 2.45. The molecule has 0 spiro atoms. The zero-order valence-electron chi connectivity index (χ0n) is 7.11. The maximum Gasteiger partial charge on any atom is 0.338 e. The van der Waals surface area contributed by atoms with Crippen LogP contribution < -0.4 is 0 Å². The number of aliphatic hydroxyl groups is 5. The van der Waals surface area contributed by atoms with Crippen molar-refractivity contribution in [2.75, 3.05) is 0 Å². The average molecular weight is 208 g/mol. The molecule has 7 nitrogen and oxygen atoms in total. The van der Waals surface area contributed by atoms with Crippen LogP contribution in [0.2, 0.25) is 0 Å². The van der Waals surface area contributed by atoms with Gasteiger partial charge in [-0.3, -0.25) is 0 Å². The number of carboxylic acids is 1. The highest BCUT2D eigenvalue weighted by Crippen LogP contribution is 2.29. The average Bonchev–Trinajstić information content (AvgIpc) is 2.11. The Morgan fingerprint density at radius 3 is 2.07 bits per heavy atom. The summed E-state index contributed by atoms with van der Waals surface area (Å²) in [4.78, 5) is 10.6. The van der Waals surface area contributed by atoms with E-state index < -0.39 is 42.4 Å². The summed E-state index contributed by atoms with van der Waals surface area (Å²) in [6.07, 6.45) is -7.90. The fourth-order valence-electron chi connectivity index (χ4n) is 1.47. The molecule has 1 fully saturated rings. The van der Waals surface area contributed by atoms with Crippen LogP contribution in [0.25, 0.3) is 0 Å². The first-order chi connectivity index (χ1) is 6.30. The molecule has 6 N–H and O–H groups in total. The van der Waals surface area contributed by atoms with Crippen molar-refractivity contribution in [1.82, 2.24) is 0 Å². The van der Waals surface area contributed by atoms with Crippen molar-refractivity contribution in [1.29, 1.82) is 0 Å². The minimum absolute atomic E-state index is 0.734. The summed E-state index contributed by atoms with van der Waals surface area (Å²) in [6, 6.07) is 0. The normalized spacial score (nSPS) is 48.9. The Morgan fingerprint density at radius 2 is 1.64 bits per heavy atom. The molecule has 1 aliphatic carbocycles. The smallest absolute Gasteiger partial charge is 0.338 e. The molecule has 0 heterocycles. The molecule has 1 rings (SSSR count). The van der Waals surface area contributed by atoms with Gasteiger partial charge < -0.3 is 30.6 Å². The van der Waals surface area contributed by atoms with Crippen molar-refractivity contribution in [2.24, 2.45) is 0 Å². The van der Waals surface area contributed by atoms with Crippen LogP contribution in [-0.2, 0) is 4.79 Å². The van der Waals surface area contributed by atoms with Gasteiger partial charge in [-0.2, -0.15) is 0 Å². The van der Waals surface area contributed by atoms with Crippen molar-refractivity contribution in [3.8, 4) is 0 Å². The van der Waals surface area contributed by atoms with Gasteiger partial charge >= 0.3 is 5.97 Å². The lowest BCUT2D eigenvalue weighted by atomic mass is 9.77. The molecule has 0 radical (unpaired) electrons. The van der Waals surface area contributed by atoms with E-state index in [1.807, 2.05) is 0 Å². The molecule has 82 valence electrons. The zero-order valence-corrected chi connectivity index (χ0v) is 7.11. The summed E-state index contributed by atoms with van der Waals surface area (Å²) in [7, 11) is 0. The molecule has 14 heavy (non-hydrogen) atoms. The number of hydrogen-bond acceptors (Lipinski definition) is 6. The molecule has 5 atom stereocenters. The minimum atomic E-state index is -2.63. The maximum atomic E-state index is 10.6. The number of rotatable bonds is 1. The predicted octanol–water partition coefficient (Wildman–Crippen LogP) is -3.35. The summed E-state index contributed by atoms with van der Waals surface area (Å²) >= 11 is 0. The second-order valence-electron chi connectivity index (χ2n) is 3.43. The number of carboxylic acid groups (broad SMARTS) is 1. The first-order valence-corrected chi connectivity index (χ1v) is 3.98. The molecule has 0 aromatic rings. The quantitative estimate of drug-likeness (QED) is 0.264. The fourth-order valence-corrected chi connectivity index (χ4v) is 1.47. The van der Waals surface area contributed by atoms with E-state index in [0.717, 1.165) is 0 Å². The minimum Gasteiger partial charge on any atom is -0.479 e. The van der Waals surface area contributed by atoms with E-state index >= 15 is 0 Å². The van der Waals surface area contributed by atoms with Crippen LogP contribution in [0.4, 0.5) is 0 Å². The standard InChI is InChI=1S/C7H12O7/c8-2-1-7(14,6(12)13)5(11)4(10)3(2)9/h2-5,8-11,14H,1H2,(H,12,13)/t2-,3+,4-,5-,7-/m1/s1. The van der Waals surface area contributed by atoms with Crippen molar-refractivity contribution < 1.29 is 35.4 Å². The first-order valence-electron chi connectivity index (χ1n) is 3.98. The zero-order chi connectivity index (χ0) is 11.1. The van der Waals surface area contributed by atoms with Crippen LogP contribution in [0.3, 0.4) is 0 Å². The van der Waals surface area contributed by atoms with Gasteiger partial charge in [0.25, 0.3) is 0 Å². The summed E-state index contributed by atoms with van der Waals surface area (Å²) in [6.45, 7) is 0. The van der Waals surface area contributed by atoms with E-state index in [9.17, 15) is 15.0 Å². The summed E-state index contributed by atoms with van der Waals surface area (Å²) in [5, 5.41) is 54.5. The maximum absolute atomic E-state index is 10.6. The van der Waals surface area contributed by atoms with E-state index in [4.69, 9.17) is 20.4 Å². The number of carbonyl (C=O) groups is 1. The second-order valence-corrected chi connectivity index (χ2v) is 3.43. The van der Waals surface area contributed by atoms with Gasteiger partial charge in [-0.05, 0) is 0 Å². The summed E-state index contributed by atoms with van der Waals surface area (Å²) in [5.41, 5.74) is -2.63. The molecule has 0 aromatic heterocycles. The summed E-state index contributed by atoms with van der Waals surface area (Å²) in [5.74, 6) is -1.75. The highest BCUT2D eigenvalue weighted by Gasteiger charge is 2.55. The first kappa shape index (κ1) is 11.3. The molecule has 0 saturated heterocycles. The Kier molecular flexibility index (Phi) is 2.79. The lowest BCUT2D eigenvalue weighted by Gasteiger charge is -2.41. The Labute approximate surface area is 78.8 Å². The molecule has 0 aliphatic heterocycles. The number of aliphatic hydroxyl groups excluding tert-OH is 4. The molecule has 0 unspecified atom stereocenters. The van der Waals surface area contributed by atoms with Gasteiger partial charge in [-0.15, -0.1) is 0 Å². The van der Waals surface area contributed by atoms with Gasteiger partial charge in [0.15, 0.2) is 5.60 Å². The lowest BCUT2D eigenvalue weighted by Crippen LogP contribution is -2.65. The highest BCUT2D eigenvalue weighted by molar-refractivity contribution is 5.78. The predicted molar refractivity (Wildman–Crippen MR) is 41.2 cm³/mol. The topological polar surface area (TPSA) is 138 Å². The SMILES string of the molecule is O=C(O)[C@@]1(O)C[C@@H](O)[C@H](O)[C@@H](O)[C@H]1O. The van der Waals surface area contributed by atoms with Crippen molar-refractivity contribution >= 4 is 5.97 Å². The summed E-state index contributed by atoms with van der Waals surface area (Å²) < 4.78 is 0. The van der Waals surface area contributed by atoms with Crippen molar-refractivity contribution in [3.63, 3.8) is 0 Å². The molecule has 0 aromatic carbocycles. The van der Waals surface area contributed by atoms with Gasteiger partial charge in [0.05, 0.1) is 6.10 Å². The van der Waals surface area contributed by atoms with E-state index in [-0.39, 0.29) is 0 Å². The number of aliphatic carboxylic acids is 1. The lowest BCUT2D eigenvalue weighted by molar-refractivity contribution is -0.227. The van der Waals surface area contributed by atoms with Crippen LogP contribution >= 0.6 is 0 Å². The largest absolute Gasteiger partial charge is 0.479 e. The monoisotopic (exact) mass is 208 g/mol. The van der Waals surface area contributed by atoms with Gasteiger partial charge in [-0.25, -0.2) is 4.79 Å². The van der Waals surface area contributed by atoms with Gasteiger partial charge in [0.1, 0.15) is 18.3 Å². The van der Waals surface area contributed by atoms with Crippen LogP contribution in [-0.4, -0.2) is 66.6 Å². The molecular formula is C7H12O7. The van der Waals surface area contributed by atoms with Crippen LogP contribution in [0, 0.1) is 0 Å². The second kappa shape index (κ2) is 3.44. The van der Waals surface area contributed by atoms with E-state index in [0.29, 0.717) is 0 Å². The van der Waals surface area contributed by atoms with E-state index in [1.165, 1.54) is 0 Å². The van der Waals surface area contributed by atoms with Crippen molar-refractivity contribution in [3.05, 3.63) is 0 Å². The molecule has 0 bridgehead atoms. The fraction of sp³-hybridized carbons (Fsp3) is 0.857. The van der Waals surface area contributed by atoms with Crippen molar-refractivity contribution in [2.45, 2.75) is 36.4 Å². The van der Waals surface area contributed by atoms with Gasteiger partial charge in [-0.1, -0.05) is 0 Å². The molecule has 1 aliphatic rings. The van der Waals surface area contributed by atoms with E-state index in [2.05, 4.69) is 0 Å². The van der Waals surface area contributed by atoms with Gasteiger partial charge in [0.2, 0.25) is 0 Å². The van der Waals surface area contributed by atoms with Crippen LogP contribution in [0.1, 0.15) is 6.42 Å². The molecule has 1 saturated carbocycles. The molecular weight excluding hydrogens is 196 g/mol. The third kappa shape index (κ3) is 1.49. The Hall–Kier alpha value is -0.730.